The first-order chi connectivity index (χ1) is 40.0. The average Bonchev–Trinajstić information content (AvgIpc) is 3.47. The molecule has 6 heteroatoms. The van der Waals surface area contributed by atoms with E-state index >= 15 is 0 Å². The van der Waals surface area contributed by atoms with Crippen LogP contribution < -0.4 is 5.32 Å². The molecule has 0 radical (unpaired) electrons. The summed E-state index contributed by atoms with van der Waals surface area (Å²) in [5.74, 6) is -0.0608. The van der Waals surface area contributed by atoms with Crippen molar-refractivity contribution in [1.29, 1.82) is 0 Å². The van der Waals surface area contributed by atoms with Crippen molar-refractivity contribution in [3.8, 4) is 0 Å². The number of aliphatic hydroxyl groups is 2. The van der Waals surface area contributed by atoms with Crippen LogP contribution in [-0.2, 0) is 14.3 Å². The number of ether oxygens (including phenoxy) is 1. The molecular weight excluding hydrogens is 995 g/mol. The number of nitrogens with one attached hydrogen (secondary N) is 1. The highest BCUT2D eigenvalue weighted by Crippen LogP contribution is 2.19. The number of carbonyl (C=O) groups is 2. The summed E-state index contributed by atoms with van der Waals surface area (Å²) in [5, 5.41) is 23.3. The van der Waals surface area contributed by atoms with Crippen LogP contribution >= 0.6 is 0 Å². The van der Waals surface area contributed by atoms with E-state index in [-0.39, 0.29) is 18.5 Å². The van der Waals surface area contributed by atoms with Gasteiger partial charge in [-0.05, 0) is 83.5 Å². The fourth-order valence-electron chi connectivity index (χ4n) is 11.5. The third-order valence-corrected chi connectivity index (χ3v) is 17.1. The Morgan fingerprint density at radius 3 is 0.877 bits per heavy atom. The summed E-state index contributed by atoms with van der Waals surface area (Å²) in [4.78, 5) is 24.6. The summed E-state index contributed by atoms with van der Waals surface area (Å²) >= 11 is 0. The minimum absolute atomic E-state index is 0.00629. The molecule has 0 spiro atoms. The van der Waals surface area contributed by atoms with Crippen LogP contribution in [0.4, 0.5) is 0 Å². The monoisotopic (exact) mass is 1140 g/mol. The summed E-state index contributed by atoms with van der Waals surface area (Å²) in [7, 11) is 0. The van der Waals surface area contributed by atoms with E-state index in [4.69, 9.17) is 4.74 Å². The zero-order chi connectivity index (χ0) is 58.5. The van der Waals surface area contributed by atoms with Crippen LogP contribution in [0.2, 0.25) is 0 Å². The standard InChI is InChI=1S/C75H143NO5/c1-3-5-7-9-11-13-15-17-19-21-22-23-27-30-33-36-39-43-47-51-55-59-63-67-73(78)72(71-77)76-74(79)68-64-60-56-52-48-44-40-37-34-31-28-25-24-26-29-32-35-38-42-46-50-54-58-62-66-70-81-75(80)69-65-61-57-53-49-45-41-20-18-16-14-12-10-8-6-4-2/h20,25,28,41,63,67,72-73,77-78H,3-19,21-24,26-27,29-40,42-62,64-66,68-71H2,1-2H3,(H,76,79)/b28-25-,41-20-,67-63+. The molecule has 81 heavy (non-hydrogen) atoms. The van der Waals surface area contributed by atoms with Crippen LogP contribution in [0.5, 0.6) is 0 Å². The van der Waals surface area contributed by atoms with Gasteiger partial charge in [-0.3, -0.25) is 9.59 Å². The first-order valence-electron chi connectivity index (χ1n) is 36.8. The second kappa shape index (κ2) is 70.6. The van der Waals surface area contributed by atoms with E-state index < -0.39 is 12.1 Å². The Hall–Kier alpha value is -1.92. The largest absolute Gasteiger partial charge is 0.466 e. The molecular formula is C75H143NO5. The molecule has 0 aromatic heterocycles. The van der Waals surface area contributed by atoms with Crippen LogP contribution in [0.1, 0.15) is 406 Å². The number of allylic oxidation sites excluding steroid dienone is 5. The Morgan fingerprint density at radius 2 is 0.580 bits per heavy atom. The van der Waals surface area contributed by atoms with E-state index in [0.29, 0.717) is 19.4 Å². The second-order valence-corrected chi connectivity index (χ2v) is 25.3. The highest BCUT2D eigenvalue weighted by molar-refractivity contribution is 5.76. The molecule has 2 unspecified atom stereocenters. The SMILES string of the molecule is CCCCCCCCC/C=C\CCCCCCCC(=O)OCCCCCCCCCCCCCC/C=C\CCCCCCCCCCCC(=O)NC(CO)C(O)/C=C/CCCCCCCCCCCCCCCCCCCCCCC. The second-order valence-electron chi connectivity index (χ2n) is 25.3. The van der Waals surface area contributed by atoms with E-state index in [0.717, 1.165) is 44.9 Å². The van der Waals surface area contributed by atoms with E-state index in [9.17, 15) is 19.8 Å². The van der Waals surface area contributed by atoms with Gasteiger partial charge >= 0.3 is 5.97 Å². The fraction of sp³-hybridized carbons (Fsp3) is 0.893. The maximum absolute atomic E-state index is 12.5. The van der Waals surface area contributed by atoms with Gasteiger partial charge in [0, 0.05) is 12.8 Å². The lowest BCUT2D eigenvalue weighted by atomic mass is 10.0. The lowest BCUT2D eigenvalue weighted by molar-refractivity contribution is -0.143. The number of rotatable bonds is 69. The quantitative estimate of drug-likeness (QED) is 0.0320. The van der Waals surface area contributed by atoms with Crippen LogP contribution in [0, 0.1) is 0 Å². The first-order valence-corrected chi connectivity index (χ1v) is 36.8. The summed E-state index contributed by atoms with van der Waals surface area (Å²) in [5.41, 5.74) is 0. The van der Waals surface area contributed by atoms with Crippen molar-refractivity contribution in [3.63, 3.8) is 0 Å². The lowest BCUT2D eigenvalue weighted by Crippen LogP contribution is -2.45. The molecule has 0 fully saturated rings. The topological polar surface area (TPSA) is 95.9 Å². The van der Waals surface area contributed by atoms with Crippen molar-refractivity contribution < 1.29 is 24.5 Å². The van der Waals surface area contributed by atoms with Gasteiger partial charge in [-0.1, -0.05) is 346 Å². The molecule has 3 N–H and O–H groups in total. The van der Waals surface area contributed by atoms with Gasteiger partial charge in [-0.15, -0.1) is 0 Å². The summed E-state index contributed by atoms with van der Waals surface area (Å²) in [6.45, 7) is 4.93. The molecule has 0 aromatic rings. The minimum atomic E-state index is -0.848. The Balaban J connectivity index is 3.42. The van der Waals surface area contributed by atoms with Crippen LogP contribution in [0.15, 0.2) is 36.5 Å². The van der Waals surface area contributed by atoms with Gasteiger partial charge in [0.1, 0.15) is 0 Å². The minimum Gasteiger partial charge on any atom is -0.466 e. The van der Waals surface area contributed by atoms with Gasteiger partial charge in [0.25, 0.3) is 0 Å². The smallest absolute Gasteiger partial charge is 0.305 e. The van der Waals surface area contributed by atoms with Gasteiger partial charge in [0.2, 0.25) is 5.91 Å². The third-order valence-electron chi connectivity index (χ3n) is 17.1. The molecule has 0 bridgehead atoms. The van der Waals surface area contributed by atoms with Gasteiger partial charge in [-0.2, -0.15) is 0 Å². The highest BCUT2D eigenvalue weighted by Gasteiger charge is 2.18. The predicted molar refractivity (Wildman–Crippen MR) is 356 cm³/mol. The Morgan fingerprint density at radius 1 is 0.333 bits per heavy atom. The molecule has 0 aliphatic rings. The number of amides is 1. The molecule has 0 heterocycles. The van der Waals surface area contributed by atoms with Crippen molar-refractivity contribution >= 4 is 11.9 Å². The molecule has 1 amide bonds. The average molecular weight is 1140 g/mol. The lowest BCUT2D eigenvalue weighted by Gasteiger charge is -2.20. The van der Waals surface area contributed by atoms with Crippen molar-refractivity contribution in [3.05, 3.63) is 36.5 Å². The van der Waals surface area contributed by atoms with E-state index in [2.05, 4.69) is 43.5 Å². The van der Waals surface area contributed by atoms with Crippen LogP contribution in [0.25, 0.3) is 0 Å². The van der Waals surface area contributed by atoms with Crippen molar-refractivity contribution in [2.75, 3.05) is 13.2 Å². The van der Waals surface area contributed by atoms with Crippen molar-refractivity contribution in [2.24, 2.45) is 0 Å². The molecule has 6 nitrogen and oxygen atoms in total. The molecule has 0 rings (SSSR count). The highest BCUT2D eigenvalue weighted by atomic mass is 16.5. The number of hydrogen-bond donors (Lipinski definition) is 3. The van der Waals surface area contributed by atoms with Crippen molar-refractivity contribution in [2.45, 2.75) is 418 Å². The molecule has 0 aliphatic heterocycles. The molecule has 0 saturated heterocycles. The number of carbonyl (C=O) groups excluding carboxylic acids is 2. The van der Waals surface area contributed by atoms with Gasteiger partial charge in [-0.25, -0.2) is 0 Å². The molecule has 478 valence electrons. The zero-order valence-corrected chi connectivity index (χ0v) is 54.8. The summed E-state index contributed by atoms with van der Waals surface area (Å²) in [6.07, 6.45) is 90.9. The Bertz CT molecular complexity index is 1310. The third kappa shape index (κ3) is 67.1. The summed E-state index contributed by atoms with van der Waals surface area (Å²) < 4.78 is 5.49. The summed E-state index contributed by atoms with van der Waals surface area (Å²) in [6, 6.07) is -0.632. The fourth-order valence-corrected chi connectivity index (χ4v) is 11.5. The van der Waals surface area contributed by atoms with E-state index in [1.165, 1.54) is 334 Å². The number of esters is 1. The van der Waals surface area contributed by atoms with Gasteiger partial charge < -0.3 is 20.3 Å². The molecule has 0 saturated carbocycles. The zero-order valence-electron chi connectivity index (χ0n) is 54.8. The number of aliphatic hydroxyl groups excluding tert-OH is 2. The Kier molecular flexibility index (Phi) is 68.9. The maximum atomic E-state index is 12.5. The number of hydrogen-bond acceptors (Lipinski definition) is 5. The van der Waals surface area contributed by atoms with Crippen LogP contribution in [0.3, 0.4) is 0 Å². The van der Waals surface area contributed by atoms with Crippen molar-refractivity contribution in [1.82, 2.24) is 5.32 Å². The maximum Gasteiger partial charge on any atom is 0.305 e. The normalized spacial score (nSPS) is 12.7. The molecule has 0 aromatic carbocycles. The van der Waals surface area contributed by atoms with Crippen LogP contribution in [-0.4, -0.2) is 47.4 Å². The molecule has 2 atom stereocenters. The Labute approximate surface area is 506 Å². The van der Waals surface area contributed by atoms with Gasteiger partial charge in [0.05, 0.1) is 25.4 Å². The molecule has 0 aliphatic carbocycles. The first kappa shape index (κ1) is 79.1. The number of unbranched alkanes of at least 4 members (excludes halogenated alkanes) is 54. The van der Waals surface area contributed by atoms with Gasteiger partial charge in [0.15, 0.2) is 0 Å². The van der Waals surface area contributed by atoms with E-state index in [1.807, 2.05) is 6.08 Å². The predicted octanol–water partition coefficient (Wildman–Crippen LogP) is 23.9. The van der Waals surface area contributed by atoms with E-state index in [1.54, 1.807) is 6.08 Å².